The van der Waals surface area contributed by atoms with E-state index in [1.54, 1.807) is 4.90 Å². The number of nitrogens with zero attached hydrogens (tertiary/aromatic N) is 2. The Bertz CT molecular complexity index is 624. The van der Waals surface area contributed by atoms with E-state index in [-0.39, 0.29) is 29.8 Å². The summed E-state index contributed by atoms with van der Waals surface area (Å²) in [4.78, 5) is 41.4. The van der Waals surface area contributed by atoms with Crippen LogP contribution in [0.3, 0.4) is 0 Å². The Morgan fingerprint density at radius 1 is 1.11 bits per heavy atom. The second-order valence-corrected chi connectivity index (χ2v) is 10.2. The standard InChI is InChI=1S/C21H35N3O3/c1-14-6-8-16(9-7-14)23(5)17(25)12-24-18(26)21(22-19(24)27)11-15(2)10-20(3,4)13-21/h14-16H,6-13H2,1-5H3,(H,22,27). The van der Waals surface area contributed by atoms with Crippen LogP contribution in [0.25, 0.3) is 0 Å². The van der Waals surface area contributed by atoms with Gasteiger partial charge in [0.15, 0.2) is 0 Å². The molecular formula is C21H35N3O3. The van der Waals surface area contributed by atoms with Gasteiger partial charge in [-0.15, -0.1) is 0 Å². The Morgan fingerprint density at radius 2 is 1.74 bits per heavy atom. The first-order valence-corrected chi connectivity index (χ1v) is 10.4. The van der Waals surface area contributed by atoms with Gasteiger partial charge >= 0.3 is 6.03 Å². The van der Waals surface area contributed by atoms with Crippen molar-refractivity contribution in [3.63, 3.8) is 0 Å². The largest absolute Gasteiger partial charge is 0.341 e. The Morgan fingerprint density at radius 3 is 2.33 bits per heavy atom. The van der Waals surface area contributed by atoms with Crippen LogP contribution in [-0.4, -0.2) is 52.8 Å². The molecule has 1 aliphatic heterocycles. The summed E-state index contributed by atoms with van der Waals surface area (Å²) >= 11 is 0. The number of urea groups is 1. The minimum Gasteiger partial charge on any atom is -0.341 e. The van der Waals surface area contributed by atoms with Crippen molar-refractivity contribution in [1.82, 2.24) is 15.1 Å². The fourth-order valence-electron chi connectivity index (χ4n) is 5.73. The van der Waals surface area contributed by atoms with E-state index in [4.69, 9.17) is 0 Å². The number of carbonyl (C=O) groups is 3. The normalized spacial score (nSPS) is 36.0. The molecule has 2 unspecified atom stereocenters. The molecule has 0 aromatic heterocycles. The van der Waals surface area contributed by atoms with E-state index in [2.05, 4.69) is 33.0 Å². The molecule has 3 rings (SSSR count). The molecular weight excluding hydrogens is 342 g/mol. The topological polar surface area (TPSA) is 69.7 Å². The van der Waals surface area contributed by atoms with Gasteiger partial charge < -0.3 is 10.2 Å². The summed E-state index contributed by atoms with van der Waals surface area (Å²) in [6.45, 7) is 8.53. The molecule has 0 aromatic rings. The predicted molar refractivity (Wildman–Crippen MR) is 104 cm³/mol. The minimum absolute atomic E-state index is 0.00376. The van der Waals surface area contributed by atoms with E-state index in [0.29, 0.717) is 24.7 Å². The van der Waals surface area contributed by atoms with Gasteiger partial charge in [0.1, 0.15) is 12.1 Å². The highest BCUT2D eigenvalue weighted by Gasteiger charge is 2.56. The van der Waals surface area contributed by atoms with Gasteiger partial charge in [-0.3, -0.25) is 14.5 Å². The van der Waals surface area contributed by atoms with Gasteiger partial charge in [0.05, 0.1) is 0 Å². The van der Waals surface area contributed by atoms with Crippen LogP contribution in [0, 0.1) is 17.3 Å². The predicted octanol–water partition coefficient (Wildman–Crippen LogP) is 3.16. The lowest BCUT2D eigenvalue weighted by atomic mass is 9.64. The third-order valence-electron chi connectivity index (χ3n) is 6.84. The van der Waals surface area contributed by atoms with Gasteiger partial charge in [-0.1, -0.05) is 27.7 Å². The fraction of sp³-hybridized carbons (Fsp3) is 0.857. The highest BCUT2D eigenvalue weighted by molar-refractivity contribution is 6.09. The lowest BCUT2D eigenvalue weighted by Crippen LogP contribution is -2.54. The van der Waals surface area contributed by atoms with E-state index < -0.39 is 11.6 Å². The first kappa shape index (κ1) is 20.2. The number of likely N-dealkylation sites (N-methyl/N-ethyl adjacent to an activating group) is 1. The molecule has 6 nitrogen and oxygen atoms in total. The molecule has 1 saturated heterocycles. The van der Waals surface area contributed by atoms with Gasteiger partial charge in [0.2, 0.25) is 5.91 Å². The van der Waals surface area contributed by atoms with Gasteiger partial charge in [-0.05, 0) is 62.2 Å². The molecule has 0 aromatic carbocycles. The quantitative estimate of drug-likeness (QED) is 0.768. The van der Waals surface area contributed by atoms with Crippen LogP contribution in [0.5, 0.6) is 0 Å². The van der Waals surface area contributed by atoms with Crippen molar-refractivity contribution in [1.29, 1.82) is 0 Å². The zero-order valence-electron chi connectivity index (χ0n) is 17.5. The molecule has 2 saturated carbocycles. The molecule has 1 heterocycles. The van der Waals surface area contributed by atoms with Crippen molar-refractivity contribution < 1.29 is 14.4 Å². The van der Waals surface area contributed by atoms with E-state index in [1.165, 1.54) is 0 Å². The van der Waals surface area contributed by atoms with Crippen LogP contribution in [0.15, 0.2) is 0 Å². The number of amides is 4. The average molecular weight is 378 g/mol. The van der Waals surface area contributed by atoms with Crippen LogP contribution in [0.1, 0.15) is 72.6 Å². The summed E-state index contributed by atoms with van der Waals surface area (Å²) in [6.07, 6.45) is 6.58. The Labute approximate surface area is 163 Å². The molecule has 3 aliphatic rings. The third kappa shape index (κ3) is 3.99. The Hall–Kier alpha value is -1.59. The molecule has 0 bridgehead atoms. The Kier molecular flexibility index (Phi) is 5.30. The van der Waals surface area contributed by atoms with E-state index in [1.807, 2.05) is 7.05 Å². The number of imide groups is 1. The van der Waals surface area contributed by atoms with Gasteiger partial charge in [-0.25, -0.2) is 4.79 Å². The molecule has 6 heteroatoms. The summed E-state index contributed by atoms with van der Waals surface area (Å²) in [5.41, 5.74) is -0.840. The van der Waals surface area contributed by atoms with Crippen molar-refractivity contribution in [2.24, 2.45) is 17.3 Å². The maximum Gasteiger partial charge on any atom is 0.325 e. The number of carbonyl (C=O) groups excluding carboxylic acids is 3. The van der Waals surface area contributed by atoms with Crippen LogP contribution < -0.4 is 5.32 Å². The second kappa shape index (κ2) is 7.10. The summed E-state index contributed by atoms with van der Waals surface area (Å²) in [5, 5.41) is 2.95. The smallest absolute Gasteiger partial charge is 0.325 e. The van der Waals surface area contributed by atoms with Crippen molar-refractivity contribution in [3.05, 3.63) is 0 Å². The molecule has 4 amide bonds. The molecule has 1 spiro atoms. The zero-order valence-corrected chi connectivity index (χ0v) is 17.5. The number of rotatable bonds is 3. The van der Waals surface area contributed by atoms with Crippen LogP contribution >= 0.6 is 0 Å². The number of hydrogen-bond acceptors (Lipinski definition) is 3. The van der Waals surface area contributed by atoms with Crippen molar-refractivity contribution >= 4 is 17.8 Å². The SMILES string of the molecule is CC1CCC(N(C)C(=O)CN2C(=O)NC3(CC(C)CC(C)(C)C3)C2=O)CC1. The van der Waals surface area contributed by atoms with E-state index in [9.17, 15) is 14.4 Å². The van der Waals surface area contributed by atoms with E-state index >= 15 is 0 Å². The zero-order chi connectivity index (χ0) is 20.0. The maximum atomic E-state index is 13.2. The van der Waals surface area contributed by atoms with Crippen LogP contribution in [0.4, 0.5) is 4.79 Å². The molecule has 1 N–H and O–H groups in total. The number of nitrogens with one attached hydrogen (secondary N) is 1. The summed E-state index contributed by atoms with van der Waals surface area (Å²) in [6, 6.07) is -0.194. The lowest BCUT2D eigenvalue weighted by Gasteiger charge is -2.43. The molecule has 3 fully saturated rings. The monoisotopic (exact) mass is 377 g/mol. The van der Waals surface area contributed by atoms with E-state index in [0.717, 1.165) is 37.0 Å². The Balaban J connectivity index is 1.68. The van der Waals surface area contributed by atoms with Gasteiger partial charge in [0, 0.05) is 13.1 Å². The molecule has 2 atom stereocenters. The van der Waals surface area contributed by atoms with Crippen LogP contribution in [-0.2, 0) is 9.59 Å². The molecule has 2 aliphatic carbocycles. The van der Waals surface area contributed by atoms with Gasteiger partial charge in [0.25, 0.3) is 5.91 Å². The average Bonchev–Trinajstić information content (AvgIpc) is 2.76. The highest BCUT2D eigenvalue weighted by atomic mass is 16.2. The first-order valence-electron chi connectivity index (χ1n) is 10.4. The minimum atomic E-state index is -0.836. The molecule has 27 heavy (non-hydrogen) atoms. The first-order chi connectivity index (χ1) is 12.5. The third-order valence-corrected chi connectivity index (χ3v) is 6.84. The second-order valence-electron chi connectivity index (χ2n) is 10.2. The fourth-order valence-corrected chi connectivity index (χ4v) is 5.73. The van der Waals surface area contributed by atoms with Gasteiger partial charge in [-0.2, -0.15) is 0 Å². The summed E-state index contributed by atoms with van der Waals surface area (Å²) in [7, 11) is 1.81. The lowest BCUT2D eigenvalue weighted by molar-refractivity contribution is -0.141. The van der Waals surface area contributed by atoms with Crippen molar-refractivity contribution in [2.45, 2.75) is 84.2 Å². The van der Waals surface area contributed by atoms with Crippen molar-refractivity contribution in [2.75, 3.05) is 13.6 Å². The molecule has 0 radical (unpaired) electrons. The highest BCUT2D eigenvalue weighted by Crippen LogP contribution is 2.46. The maximum absolute atomic E-state index is 13.2. The van der Waals surface area contributed by atoms with Crippen LogP contribution in [0.2, 0.25) is 0 Å². The summed E-state index contributed by atoms with van der Waals surface area (Å²) in [5.74, 6) is 0.720. The molecule has 152 valence electrons. The number of hydrogen-bond donors (Lipinski definition) is 1. The summed E-state index contributed by atoms with van der Waals surface area (Å²) < 4.78 is 0. The van der Waals surface area contributed by atoms with Crippen molar-refractivity contribution in [3.8, 4) is 0 Å².